The lowest BCUT2D eigenvalue weighted by atomic mass is 10.6. The number of aromatic nitrogens is 2. The van der Waals surface area contributed by atoms with E-state index in [1.807, 2.05) is 39.3 Å². The highest BCUT2D eigenvalue weighted by Gasteiger charge is 2.22. The van der Waals surface area contributed by atoms with Crippen molar-refractivity contribution >= 4 is 22.3 Å². The van der Waals surface area contributed by atoms with Crippen molar-refractivity contribution in [2.24, 2.45) is 0 Å². The van der Waals surface area contributed by atoms with Crippen LogP contribution in [0.25, 0.3) is 0 Å². The quantitative estimate of drug-likeness (QED) is 0.860. The summed E-state index contributed by atoms with van der Waals surface area (Å²) >= 11 is 0. The fraction of sp³-hybridized carbons (Fsp3) is 0.600. The van der Waals surface area contributed by atoms with E-state index in [-0.39, 0.29) is 11.5 Å². The predicted molar refractivity (Wildman–Crippen MR) is 74.2 cm³/mol. The molecule has 0 aliphatic carbocycles. The van der Waals surface area contributed by atoms with Crippen molar-refractivity contribution in [2.45, 2.75) is 39.3 Å². The lowest BCUT2D eigenvalue weighted by molar-refractivity contribution is 0.610. The molecule has 17 heavy (non-hydrogen) atoms. The van der Waals surface area contributed by atoms with Gasteiger partial charge in [0.15, 0.2) is 19.9 Å². The second-order valence-corrected chi connectivity index (χ2v) is 15.7. The van der Waals surface area contributed by atoms with Gasteiger partial charge < -0.3 is 9.22 Å². The average Bonchev–Trinajstić information content (AvgIpc) is 2.06. The molecule has 1 rings (SSSR count). The summed E-state index contributed by atoms with van der Waals surface area (Å²) in [6.07, 6.45) is 1.28. The van der Waals surface area contributed by atoms with Gasteiger partial charge >= 0.3 is 5.69 Å². The van der Waals surface area contributed by atoms with Gasteiger partial charge in [-0.2, -0.15) is 4.98 Å². The molecule has 1 aromatic rings. The maximum absolute atomic E-state index is 13.9. The van der Waals surface area contributed by atoms with Gasteiger partial charge in [-0.05, 0) is 0 Å². The van der Waals surface area contributed by atoms with Crippen molar-refractivity contribution < 1.29 is 4.39 Å². The van der Waals surface area contributed by atoms with E-state index < -0.39 is 22.3 Å². The molecule has 0 unspecified atom stereocenters. The molecule has 1 aromatic heterocycles. The number of hydrogen-bond acceptors (Lipinski definition) is 3. The molecule has 0 aromatic carbocycles. The van der Waals surface area contributed by atoms with Crippen LogP contribution in [0.5, 0.6) is 0 Å². The Kier molecular flexibility index (Phi) is 3.63. The maximum atomic E-state index is 13.9. The van der Waals surface area contributed by atoms with Gasteiger partial charge in [0.05, 0.1) is 0 Å². The molecule has 96 valence electrons. The molecular weight excluding hydrogens is 253 g/mol. The van der Waals surface area contributed by atoms with Crippen molar-refractivity contribution in [1.29, 1.82) is 0 Å². The predicted octanol–water partition coefficient (Wildman–Crippen LogP) is 2.31. The first-order valence-corrected chi connectivity index (χ1v) is 12.5. The normalized spacial score (nSPS) is 12.6. The molecule has 0 saturated carbocycles. The van der Waals surface area contributed by atoms with Crippen LogP contribution in [0, 0.1) is 5.82 Å². The van der Waals surface area contributed by atoms with Gasteiger partial charge in [0, 0.05) is 6.20 Å². The topological polar surface area (TPSA) is 46.9 Å². The Bertz CT molecular complexity index is 474. The summed E-state index contributed by atoms with van der Waals surface area (Å²) in [6, 6.07) is 0. The van der Waals surface area contributed by atoms with Crippen LogP contribution in [-0.4, -0.2) is 25.7 Å². The molecule has 0 aliphatic rings. The Hall–Kier alpha value is -0.956. The minimum atomic E-state index is -1.91. The van der Waals surface area contributed by atoms with Crippen LogP contribution in [0.4, 0.5) is 10.2 Å². The molecule has 4 nitrogen and oxygen atoms in total. The van der Waals surface area contributed by atoms with Crippen LogP contribution in [-0.2, 0) is 0 Å². The van der Waals surface area contributed by atoms with E-state index in [4.69, 9.17) is 0 Å². The standard InChI is InChI=1S/C10H20FN3OSi2/c1-16(2,3)13-9-8(11)7-14(10(15)12-9)17(4,5)6/h7H,1-6H3,(H,12,13,15). The molecule has 0 radical (unpaired) electrons. The van der Waals surface area contributed by atoms with Crippen molar-refractivity contribution in [3.8, 4) is 0 Å². The Balaban J connectivity index is 3.24. The third-order valence-electron chi connectivity index (χ3n) is 2.10. The zero-order valence-electron chi connectivity index (χ0n) is 11.3. The number of nitrogens with one attached hydrogen (secondary N) is 1. The Labute approximate surface area is 103 Å². The van der Waals surface area contributed by atoms with Gasteiger partial charge in [-0.1, -0.05) is 39.3 Å². The van der Waals surface area contributed by atoms with E-state index in [9.17, 15) is 9.18 Å². The van der Waals surface area contributed by atoms with Gasteiger partial charge in [-0.3, -0.25) is 0 Å². The number of halogens is 1. The zero-order valence-corrected chi connectivity index (χ0v) is 13.3. The third-order valence-corrected chi connectivity index (χ3v) is 4.85. The third kappa shape index (κ3) is 3.77. The fourth-order valence-electron chi connectivity index (χ4n) is 1.36. The largest absolute Gasteiger partial charge is 0.393 e. The molecule has 0 spiro atoms. The van der Waals surface area contributed by atoms with Crippen LogP contribution in [0.1, 0.15) is 0 Å². The molecule has 0 fully saturated rings. The lowest BCUT2D eigenvalue weighted by Crippen LogP contribution is -2.43. The molecule has 0 atom stereocenters. The SMILES string of the molecule is C[Si](C)(C)Nc1nc(=O)n([Si](C)(C)C)cc1F. The van der Waals surface area contributed by atoms with Crippen LogP contribution >= 0.6 is 0 Å². The van der Waals surface area contributed by atoms with Crippen LogP contribution in [0.15, 0.2) is 11.0 Å². The summed E-state index contributed by atoms with van der Waals surface area (Å²) in [4.78, 5) is 18.7. The summed E-state index contributed by atoms with van der Waals surface area (Å²) in [5.74, 6) is -0.363. The number of hydrogen-bond donors (Lipinski definition) is 1. The van der Waals surface area contributed by atoms with E-state index in [1.54, 1.807) is 0 Å². The molecule has 0 saturated heterocycles. The van der Waals surface area contributed by atoms with Gasteiger partial charge in [0.2, 0.25) is 0 Å². The lowest BCUT2D eigenvalue weighted by Gasteiger charge is -2.22. The van der Waals surface area contributed by atoms with Gasteiger partial charge in [0.25, 0.3) is 0 Å². The Morgan fingerprint density at radius 2 is 1.76 bits per heavy atom. The van der Waals surface area contributed by atoms with Gasteiger partial charge in [-0.15, -0.1) is 0 Å². The van der Waals surface area contributed by atoms with Crippen molar-refractivity contribution in [1.82, 2.24) is 9.22 Å². The summed E-state index contributed by atoms with van der Waals surface area (Å²) < 4.78 is 15.3. The molecule has 0 bridgehead atoms. The highest BCUT2D eigenvalue weighted by molar-refractivity contribution is 6.79. The Morgan fingerprint density at radius 1 is 1.24 bits per heavy atom. The first-order chi connectivity index (χ1) is 7.50. The molecule has 1 N–H and O–H groups in total. The van der Waals surface area contributed by atoms with Crippen LogP contribution in [0.2, 0.25) is 39.3 Å². The smallest absolute Gasteiger partial charge is 0.341 e. The van der Waals surface area contributed by atoms with E-state index in [1.165, 1.54) is 10.4 Å². The van der Waals surface area contributed by atoms with Crippen molar-refractivity contribution in [3.63, 3.8) is 0 Å². The summed E-state index contributed by atoms with van der Waals surface area (Å²) in [7, 11) is -3.61. The highest BCUT2D eigenvalue weighted by atomic mass is 28.3. The van der Waals surface area contributed by atoms with E-state index in [2.05, 4.69) is 9.97 Å². The Morgan fingerprint density at radius 3 is 2.18 bits per heavy atom. The van der Waals surface area contributed by atoms with E-state index >= 15 is 0 Å². The summed E-state index contributed by atoms with van der Waals surface area (Å²) in [5.41, 5.74) is -0.369. The second kappa shape index (κ2) is 4.37. The molecular formula is C10H20FN3OSi2. The number of rotatable bonds is 3. The second-order valence-electron chi connectivity index (χ2n) is 6.14. The summed E-state index contributed by atoms with van der Waals surface area (Å²) in [5, 5.41) is 0. The molecule has 7 heteroatoms. The van der Waals surface area contributed by atoms with E-state index in [0.717, 1.165) is 0 Å². The zero-order chi connectivity index (χ0) is 13.4. The maximum Gasteiger partial charge on any atom is 0.341 e. The van der Waals surface area contributed by atoms with Gasteiger partial charge in [-0.25, -0.2) is 9.18 Å². The number of anilines is 1. The fourth-order valence-corrected chi connectivity index (χ4v) is 3.37. The molecule has 0 aliphatic heterocycles. The minimum Gasteiger partial charge on any atom is -0.393 e. The molecule has 1 heterocycles. The van der Waals surface area contributed by atoms with Crippen molar-refractivity contribution in [3.05, 3.63) is 22.5 Å². The number of nitrogens with zero attached hydrogens (tertiary/aromatic N) is 2. The first-order valence-electron chi connectivity index (χ1n) is 5.58. The van der Waals surface area contributed by atoms with Crippen LogP contribution in [0.3, 0.4) is 0 Å². The first kappa shape index (κ1) is 14.1. The monoisotopic (exact) mass is 273 g/mol. The summed E-state index contributed by atoms with van der Waals surface area (Å²) in [6.45, 7) is 12.0. The van der Waals surface area contributed by atoms with E-state index in [0.29, 0.717) is 0 Å². The average molecular weight is 273 g/mol. The highest BCUT2D eigenvalue weighted by Crippen LogP contribution is 2.13. The minimum absolute atomic E-state index is 0.0867. The molecule has 0 amide bonds. The van der Waals surface area contributed by atoms with Crippen LogP contribution < -0.4 is 10.7 Å². The van der Waals surface area contributed by atoms with Crippen molar-refractivity contribution in [2.75, 3.05) is 4.98 Å². The van der Waals surface area contributed by atoms with Gasteiger partial charge in [0.1, 0.15) is 8.24 Å².